The first-order valence-corrected chi connectivity index (χ1v) is 12.1. The van der Waals surface area contributed by atoms with Crippen LogP contribution < -0.4 is 10.2 Å². The molecule has 4 rings (SSSR count). The summed E-state index contributed by atoms with van der Waals surface area (Å²) in [4.78, 5) is 25.4. The number of amides is 1. The first-order valence-electron chi connectivity index (χ1n) is 11.3. The Morgan fingerprint density at radius 2 is 1.69 bits per heavy atom. The summed E-state index contributed by atoms with van der Waals surface area (Å²) in [6.45, 7) is 3.73. The van der Waals surface area contributed by atoms with E-state index in [9.17, 15) is 4.79 Å². The summed E-state index contributed by atoms with van der Waals surface area (Å²) in [7, 11) is 0. The monoisotopic (exact) mass is 446 g/mol. The Bertz CT molecular complexity index is 991. The number of carbonyl (C=O) groups is 1. The Morgan fingerprint density at radius 3 is 2.41 bits per heavy atom. The molecule has 1 aliphatic rings. The number of aromatic nitrogens is 2. The van der Waals surface area contributed by atoms with Crippen LogP contribution in [0.1, 0.15) is 31.7 Å². The number of nitrogens with one attached hydrogen (secondary N) is 1. The van der Waals surface area contributed by atoms with E-state index in [1.165, 1.54) is 5.56 Å². The molecule has 32 heavy (non-hydrogen) atoms. The quantitative estimate of drug-likeness (QED) is 0.529. The molecule has 0 spiro atoms. The van der Waals surface area contributed by atoms with Crippen LogP contribution >= 0.6 is 11.8 Å². The Kier molecular flexibility index (Phi) is 7.77. The molecule has 166 valence electrons. The second-order valence-corrected chi connectivity index (χ2v) is 9.36. The summed E-state index contributed by atoms with van der Waals surface area (Å²) in [5, 5.41) is 4.14. The molecule has 1 aromatic heterocycles. The fourth-order valence-corrected chi connectivity index (χ4v) is 4.92. The smallest absolute Gasteiger partial charge is 0.223 e. The van der Waals surface area contributed by atoms with Gasteiger partial charge in [-0.15, -0.1) is 0 Å². The van der Waals surface area contributed by atoms with Crippen molar-refractivity contribution in [1.82, 2.24) is 15.3 Å². The topological polar surface area (TPSA) is 58.1 Å². The van der Waals surface area contributed by atoms with E-state index in [0.29, 0.717) is 0 Å². The van der Waals surface area contributed by atoms with Crippen LogP contribution in [0.2, 0.25) is 0 Å². The number of rotatable bonds is 8. The van der Waals surface area contributed by atoms with Gasteiger partial charge in [-0.25, -0.2) is 9.97 Å². The molecule has 1 fully saturated rings. The fraction of sp³-hybridized carbons (Fsp3) is 0.346. The van der Waals surface area contributed by atoms with Gasteiger partial charge >= 0.3 is 0 Å². The standard InChI is InChI=1S/C26H30N4OS/c1-20(12-13-21-8-4-2-5-9-21)29-25(31)22-14-18-30(19-15-22)24-26(28-17-16-27-24)32-23-10-6-3-7-11-23/h2-11,16-17,20,22H,12-15,18-19H2,1H3,(H,29,31)/t20-/m0/s1. The van der Waals surface area contributed by atoms with Gasteiger partial charge in [-0.05, 0) is 50.3 Å². The maximum atomic E-state index is 12.8. The summed E-state index contributed by atoms with van der Waals surface area (Å²) >= 11 is 1.63. The van der Waals surface area contributed by atoms with E-state index >= 15 is 0 Å². The van der Waals surface area contributed by atoms with Crippen molar-refractivity contribution in [1.29, 1.82) is 0 Å². The number of hydrogen-bond acceptors (Lipinski definition) is 5. The summed E-state index contributed by atoms with van der Waals surface area (Å²) in [5.41, 5.74) is 1.31. The summed E-state index contributed by atoms with van der Waals surface area (Å²) < 4.78 is 0. The minimum Gasteiger partial charge on any atom is -0.354 e. The molecule has 1 amide bonds. The van der Waals surface area contributed by atoms with Gasteiger partial charge < -0.3 is 10.2 Å². The number of piperidine rings is 1. The van der Waals surface area contributed by atoms with E-state index < -0.39 is 0 Å². The van der Waals surface area contributed by atoms with E-state index in [2.05, 4.69) is 63.5 Å². The normalized spacial score (nSPS) is 15.3. The van der Waals surface area contributed by atoms with Gasteiger partial charge in [0.05, 0.1) is 0 Å². The van der Waals surface area contributed by atoms with Crippen molar-refractivity contribution in [2.45, 2.75) is 48.6 Å². The molecule has 2 heterocycles. The zero-order chi connectivity index (χ0) is 22.2. The number of anilines is 1. The van der Waals surface area contributed by atoms with E-state index in [-0.39, 0.29) is 17.9 Å². The lowest BCUT2D eigenvalue weighted by Gasteiger charge is -2.33. The van der Waals surface area contributed by atoms with Crippen LogP contribution in [0.15, 0.2) is 83.0 Å². The van der Waals surface area contributed by atoms with Crippen LogP contribution in [0.4, 0.5) is 5.82 Å². The predicted octanol–water partition coefficient (Wildman–Crippen LogP) is 4.98. The van der Waals surface area contributed by atoms with Crippen molar-refractivity contribution in [2.75, 3.05) is 18.0 Å². The summed E-state index contributed by atoms with van der Waals surface area (Å²) in [5.74, 6) is 1.16. The third-order valence-corrected chi connectivity index (χ3v) is 6.86. The average molecular weight is 447 g/mol. The molecule has 3 aromatic rings. The van der Waals surface area contributed by atoms with Gasteiger partial charge in [-0.2, -0.15) is 0 Å². The van der Waals surface area contributed by atoms with Crippen LogP contribution in [0.3, 0.4) is 0 Å². The van der Waals surface area contributed by atoms with E-state index in [0.717, 1.165) is 54.5 Å². The van der Waals surface area contributed by atoms with E-state index in [1.807, 2.05) is 24.3 Å². The minimum atomic E-state index is 0.0623. The van der Waals surface area contributed by atoms with Crippen molar-refractivity contribution in [2.24, 2.45) is 5.92 Å². The third kappa shape index (κ3) is 6.10. The van der Waals surface area contributed by atoms with Crippen LogP contribution in [-0.4, -0.2) is 35.0 Å². The fourth-order valence-electron chi connectivity index (χ4n) is 4.02. The lowest BCUT2D eigenvalue weighted by atomic mass is 9.95. The highest BCUT2D eigenvalue weighted by molar-refractivity contribution is 7.99. The van der Waals surface area contributed by atoms with Crippen molar-refractivity contribution in [3.05, 3.63) is 78.6 Å². The molecule has 0 bridgehead atoms. The van der Waals surface area contributed by atoms with Gasteiger partial charge in [0.2, 0.25) is 5.91 Å². The van der Waals surface area contributed by atoms with Crippen LogP contribution in [-0.2, 0) is 11.2 Å². The zero-order valence-corrected chi connectivity index (χ0v) is 19.3. The van der Waals surface area contributed by atoms with Gasteiger partial charge in [0.15, 0.2) is 5.82 Å². The van der Waals surface area contributed by atoms with Crippen molar-refractivity contribution in [3.8, 4) is 0 Å². The third-order valence-electron chi connectivity index (χ3n) is 5.87. The molecule has 6 heteroatoms. The highest BCUT2D eigenvalue weighted by Crippen LogP contribution is 2.33. The lowest BCUT2D eigenvalue weighted by molar-refractivity contribution is -0.126. The lowest BCUT2D eigenvalue weighted by Crippen LogP contribution is -2.43. The molecule has 0 radical (unpaired) electrons. The molecule has 5 nitrogen and oxygen atoms in total. The number of benzene rings is 2. The van der Waals surface area contributed by atoms with Crippen LogP contribution in [0.5, 0.6) is 0 Å². The number of hydrogen-bond donors (Lipinski definition) is 1. The van der Waals surface area contributed by atoms with E-state index in [1.54, 1.807) is 24.2 Å². The number of carbonyl (C=O) groups excluding carboxylic acids is 1. The number of nitrogens with zero attached hydrogens (tertiary/aromatic N) is 3. The van der Waals surface area contributed by atoms with Crippen LogP contribution in [0.25, 0.3) is 0 Å². The van der Waals surface area contributed by atoms with Crippen molar-refractivity contribution >= 4 is 23.5 Å². The minimum absolute atomic E-state index is 0.0623. The Labute approximate surface area is 194 Å². The van der Waals surface area contributed by atoms with Crippen molar-refractivity contribution in [3.63, 3.8) is 0 Å². The average Bonchev–Trinajstić information content (AvgIpc) is 2.84. The highest BCUT2D eigenvalue weighted by Gasteiger charge is 2.27. The Hall–Kier alpha value is -2.86. The molecule has 2 aromatic carbocycles. The zero-order valence-electron chi connectivity index (χ0n) is 18.5. The van der Waals surface area contributed by atoms with Gasteiger partial charge in [-0.1, -0.05) is 60.3 Å². The molecule has 1 aliphatic heterocycles. The SMILES string of the molecule is C[C@@H](CCc1ccccc1)NC(=O)C1CCN(c2nccnc2Sc2ccccc2)CC1. The Morgan fingerprint density at radius 1 is 1.03 bits per heavy atom. The predicted molar refractivity (Wildman–Crippen MR) is 130 cm³/mol. The molecule has 0 saturated carbocycles. The second-order valence-electron chi connectivity index (χ2n) is 8.30. The molecule has 1 saturated heterocycles. The second kappa shape index (κ2) is 11.1. The highest BCUT2D eigenvalue weighted by atomic mass is 32.2. The van der Waals surface area contributed by atoms with Crippen LogP contribution in [0, 0.1) is 5.92 Å². The van der Waals surface area contributed by atoms with Gasteiger partial charge in [0, 0.05) is 42.3 Å². The van der Waals surface area contributed by atoms with E-state index in [4.69, 9.17) is 0 Å². The molecule has 0 aliphatic carbocycles. The maximum Gasteiger partial charge on any atom is 0.223 e. The Balaban J connectivity index is 1.28. The van der Waals surface area contributed by atoms with Gasteiger partial charge in [-0.3, -0.25) is 4.79 Å². The maximum absolute atomic E-state index is 12.8. The first kappa shape index (κ1) is 22.3. The molecule has 1 atom stereocenters. The van der Waals surface area contributed by atoms with Crippen molar-refractivity contribution < 1.29 is 4.79 Å². The summed E-state index contributed by atoms with van der Waals surface area (Å²) in [6, 6.07) is 20.9. The molecular weight excluding hydrogens is 416 g/mol. The van der Waals surface area contributed by atoms with Gasteiger partial charge in [0.1, 0.15) is 5.03 Å². The largest absolute Gasteiger partial charge is 0.354 e. The molecule has 1 N–H and O–H groups in total. The van der Waals surface area contributed by atoms with Gasteiger partial charge in [0.25, 0.3) is 0 Å². The number of aryl methyl sites for hydroxylation is 1. The first-order chi connectivity index (χ1) is 15.7. The summed E-state index contributed by atoms with van der Waals surface area (Å²) in [6.07, 6.45) is 7.10. The molecule has 0 unspecified atom stereocenters. The molecular formula is C26H30N4OS.